The van der Waals surface area contributed by atoms with Gasteiger partial charge in [-0.2, -0.15) is 0 Å². The van der Waals surface area contributed by atoms with Gasteiger partial charge in [-0.15, -0.1) is 0 Å². The molecule has 2 rings (SSSR count). The lowest BCUT2D eigenvalue weighted by Gasteiger charge is -2.07. The summed E-state index contributed by atoms with van der Waals surface area (Å²) in [5.74, 6) is -0.744. The van der Waals surface area contributed by atoms with Crippen molar-refractivity contribution in [2.45, 2.75) is 19.8 Å². The fourth-order valence-electron chi connectivity index (χ4n) is 2.14. The van der Waals surface area contributed by atoms with Crippen LogP contribution < -0.4 is 0 Å². The SMILES string of the molecule is Cc1c(CCC(=O)O)ccc2ccn(C)c12. The maximum absolute atomic E-state index is 10.6. The molecule has 0 spiro atoms. The number of aromatic nitrogens is 1. The maximum Gasteiger partial charge on any atom is 0.303 e. The summed E-state index contributed by atoms with van der Waals surface area (Å²) in [6.07, 6.45) is 2.82. The van der Waals surface area contributed by atoms with Crippen LogP contribution in [0.4, 0.5) is 0 Å². The second-order valence-corrected chi connectivity index (χ2v) is 4.11. The molecule has 3 heteroatoms. The summed E-state index contributed by atoms with van der Waals surface area (Å²) < 4.78 is 2.08. The highest BCUT2D eigenvalue weighted by molar-refractivity contribution is 5.84. The summed E-state index contributed by atoms with van der Waals surface area (Å²) in [6, 6.07) is 6.16. The number of hydrogen-bond donors (Lipinski definition) is 1. The first-order valence-electron chi connectivity index (χ1n) is 5.35. The lowest BCUT2D eigenvalue weighted by atomic mass is 10.0. The molecule has 0 amide bonds. The first-order chi connectivity index (χ1) is 7.59. The first-order valence-corrected chi connectivity index (χ1v) is 5.35. The molecule has 1 N–H and O–H groups in total. The van der Waals surface area contributed by atoms with Gasteiger partial charge in [-0.3, -0.25) is 4.79 Å². The van der Waals surface area contributed by atoms with Crippen molar-refractivity contribution < 1.29 is 9.90 Å². The molecule has 0 saturated carbocycles. The topological polar surface area (TPSA) is 42.2 Å². The average molecular weight is 217 g/mol. The Labute approximate surface area is 94.3 Å². The van der Waals surface area contributed by atoms with Gasteiger partial charge in [-0.1, -0.05) is 12.1 Å². The number of hydrogen-bond acceptors (Lipinski definition) is 1. The molecule has 84 valence electrons. The standard InChI is InChI=1S/C13H15NO2/c1-9-10(5-6-12(15)16)3-4-11-7-8-14(2)13(9)11/h3-4,7-8H,5-6H2,1-2H3,(H,15,16). The van der Waals surface area contributed by atoms with Crippen molar-refractivity contribution in [3.63, 3.8) is 0 Å². The Balaban J connectivity index is 2.43. The van der Waals surface area contributed by atoms with Gasteiger partial charge in [0.25, 0.3) is 0 Å². The van der Waals surface area contributed by atoms with E-state index in [0.717, 1.165) is 5.56 Å². The van der Waals surface area contributed by atoms with Crippen molar-refractivity contribution in [1.29, 1.82) is 0 Å². The Bertz CT molecular complexity index is 540. The van der Waals surface area contributed by atoms with Crippen molar-refractivity contribution in [3.8, 4) is 0 Å². The van der Waals surface area contributed by atoms with Crippen LogP contribution in [-0.4, -0.2) is 15.6 Å². The summed E-state index contributed by atoms with van der Waals surface area (Å²) in [6.45, 7) is 2.06. The van der Waals surface area contributed by atoms with Crippen LogP contribution in [0, 0.1) is 6.92 Å². The van der Waals surface area contributed by atoms with E-state index in [9.17, 15) is 4.79 Å². The van der Waals surface area contributed by atoms with Gasteiger partial charge in [0.1, 0.15) is 0 Å². The van der Waals surface area contributed by atoms with Crippen molar-refractivity contribution in [2.24, 2.45) is 7.05 Å². The van der Waals surface area contributed by atoms with Gasteiger partial charge in [0, 0.05) is 19.7 Å². The molecular weight excluding hydrogens is 202 g/mol. The number of aliphatic carboxylic acids is 1. The maximum atomic E-state index is 10.6. The largest absolute Gasteiger partial charge is 0.481 e. The molecule has 0 aliphatic rings. The monoisotopic (exact) mass is 217 g/mol. The van der Waals surface area contributed by atoms with E-state index in [4.69, 9.17) is 5.11 Å². The zero-order valence-corrected chi connectivity index (χ0v) is 9.53. The van der Waals surface area contributed by atoms with Gasteiger partial charge < -0.3 is 9.67 Å². The van der Waals surface area contributed by atoms with Crippen molar-refractivity contribution in [3.05, 3.63) is 35.5 Å². The van der Waals surface area contributed by atoms with Gasteiger partial charge in [-0.25, -0.2) is 0 Å². The van der Waals surface area contributed by atoms with Gasteiger partial charge in [0.15, 0.2) is 0 Å². The van der Waals surface area contributed by atoms with E-state index in [1.165, 1.54) is 16.5 Å². The molecule has 3 nitrogen and oxygen atoms in total. The molecule has 0 unspecified atom stereocenters. The highest BCUT2D eigenvalue weighted by atomic mass is 16.4. The predicted molar refractivity (Wildman–Crippen MR) is 63.6 cm³/mol. The van der Waals surface area contributed by atoms with Crippen LogP contribution in [0.25, 0.3) is 10.9 Å². The quantitative estimate of drug-likeness (QED) is 0.858. The minimum absolute atomic E-state index is 0.191. The number of carbonyl (C=O) groups is 1. The third-order valence-corrected chi connectivity index (χ3v) is 3.01. The molecule has 0 fully saturated rings. The van der Waals surface area contributed by atoms with Gasteiger partial charge in [0.05, 0.1) is 5.52 Å². The van der Waals surface area contributed by atoms with E-state index in [1.54, 1.807) is 0 Å². The summed E-state index contributed by atoms with van der Waals surface area (Å²) >= 11 is 0. The molecule has 0 saturated heterocycles. The molecule has 0 atom stereocenters. The normalized spacial score (nSPS) is 10.9. The second-order valence-electron chi connectivity index (χ2n) is 4.11. The third kappa shape index (κ3) is 1.81. The van der Waals surface area contributed by atoms with E-state index >= 15 is 0 Å². The van der Waals surface area contributed by atoms with Crippen LogP contribution in [0.3, 0.4) is 0 Å². The van der Waals surface area contributed by atoms with Crippen molar-refractivity contribution in [1.82, 2.24) is 4.57 Å². The molecule has 1 aromatic carbocycles. The van der Waals surface area contributed by atoms with Crippen LogP contribution in [-0.2, 0) is 18.3 Å². The third-order valence-electron chi connectivity index (χ3n) is 3.01. The summed E-state index contributed by atoms with van der Waals surface area (Å²) in [7, 11) is 2.01. The van der Waals surface area contributed by atoms with Crippen molar-refractivity contribution in [2.75, 3.05) is 0 Å². The Hall–Kier alpha value is -1.77. The average Bonchev–Trinajstić information content (AvgIpc) is 2.60. The fourth-order valence-corrected chi connectivity index (χ4v) is 2.14. The fraction of sp³-hybridized carbons (Fsp3) is 0.308. The van der Waals surface area contributed by atoms with Gasteiger partial charge >= 0.3 is 5.97 Å². The minimum Gasteiger partial charge on any atom is -0.481 e. The minimum atomic E-state index is -0.744. The molecule has 16 heavy (non-hydrogen) atoms. The highest BCUT2D eigenvalue weighted by Crippen LogP contribution is 2.23. The predicted octanol–water partition coefficient (Wildman–Crippen LogP) is 2.50. The smallest absolute Gasteiger partial charge is 0.303 e. The second kappa shape index (κ2) is 4.00. The molecule has 0 aliphatic heterocycles. The van der Waals surface area contributed by atoms with Crippen LogP contribution in [0.5, 0.6) is 0 Å². The lowest BCUT2D eigenvalue weighted by Crippen LogP contribution is -2.00. The highest BCUT2D eigenvalue weighted by Gasteiger charge is 2.07. The molecule has 0 bridgehead atoms. The van der Waals surface area contributed by atoms with Crippen LogP contribution >= 0.6 is 0 Å². The number of aryl methyl sites for hydroxylation is 3. The zero-order chi connectivity index (χ0) is 11.7. The Morgan fingerprint density at radius 1 is 1.38 bits per heavy atom. The van der Waals surface area contributed by atoms with E-state index < -0.39 is 5.97 Å². The lowest BCUT2D eigenvalue weighted by molar-refractivity contribution is -0.136. The molecule has 2 aromatic rings. The van der Waals surface area contributed by atoms with E-state index in [0.29, 0.717) is 6.42 Å². The Kier molecular flexibility index (Phi) is 2.69. The number of fused-ring (bicyclic) bond motifs is 1. The van der Waals surface area contributed by atoms with Gasteiger partial charge in [0.2, 0.25) is 0 Å². The van der Waals surface area contributed by atoms with Crippen LogP contribution in [0.15, 0.2) is 24.4 Å². The van der Waals surface area contributed by atoms with E-state index in [-0.39, 0.29) is 6.42 Å². The number of nitrogens with zero attached hydrogens (tertiary/aromatic N) is 1. The Morgan fingerprint density at radius 2 is 2.12 bits per heavy atom. The molecular formula is C13H15NO2. The zero-order valence-electron chi connectivity index (χ0n) is 9.53. The molecule has 1 aromatic heterocycles. The number of rotatable bonds is 3. The number of carboxylic acids is 1. The number of benzene rings is 1. The van der Waals surface area contributed by atoms with Gasteiger partial charge in [-0.05, 0) is 35.9 Å². The summed E-state index contributed by atoms with van der Waals surface area (Å²) in [5.41, 5.74) is 3.51. The first kappa shape index (κ1) is 10.7. The van der Waals surface area contributed by atoms with E-state index in [1.807, 2.05) is 19.3 Å². The molecule has 1 heterocycles. The Morgan fingerprint density at radius 3 is 2.81 bits per heavy atom. The summed E-state index contributed by atoms with van der Waals surface area (Å²) in [5, 5.41) is 9.90. The number of carboxylic acid groups (broad SMARTS) is 1. The van der Waals surface area contributed by atoms with Crippen LogP contribution in [0.1, 0.15) is 17.5 Å². The van der Waals surface area contributed by atoms with Crippen LogP contribution in [0.2, 0.25) is 0 Å². The summed E-state index contributed by atoms with van der Waals surface area (Å²) in [4.78, 5) is 10.6. The van der Waals surface area contributed by atoms with Crippen molar-refractivity contribution >= 4 is 16.9 Å². The molecule has 0 aliphatic carbocycles. The van der Waals surface area contributed by atoms with E-state index in [2.05, 4.69) is 23.6 Å². The molecule has 0 radical (unpaired) electrons.